The quantitative estimate of drug-likeness (QED) is 0.156. The third-order valence-corrected chi connectivity index (χ3v) is 12.7. The summed E-state index contributed by atoms with van der Waals surface area (Å²) in [7, 11) is 0. The molecule has 0 heterocycles. The van der Waals surface area contributed by atoms with E-state index in [1.807, 2.05) is 0 Å². The van der Waals surface area contributed by atoms with Gasteiger partial charge in [-0.25, -0.2) is 0 Å². The van der Waals surface area contributed by atoms with Gasteiger partial charge in [0.05, 0.1) is 11.4 Å². The van der Waals surface area contributed by atoms with Gasteiger partial charge in [0, 0.05) is 22.2 Å². The number of benzene rings is 9. The Morgan fingerprint density at radius 2 is 0.950 bits per heavy atom. The van der Waals surface area contributed by atoms with Crippen LogP contribution in [0.15, 0.2) is 206 Å². The van der Waals surface area contributed by atoms with Crippen LogP contribution in [0.3, 0.4) is 0 Å². The molecule has 9 aromatic carbocycles. The topological polar surface area (TPSA) is 3.24 Å². The highest BCUT2D eigenvalue weighted by Crippen LogP contribution is 2.53. The van der Waals surface area contributed by atoms with Crippen molar-refractivity contribution < 1.29 is 0 Å². The predicted octanol–water partition coefficient (Wildman–Crippen LogP) is 16.6. The molecule has 0 bridgehead atoms. The second-order valence-electron chi connectivity index (χ2n) is 17.8. The van der Waals surface area contributed by atoms with Crippen LogP contribution in [0.1, 0.15) is 51.3 Å². The van der Waals surface area contributed by atoms with Gasteiger partial charge < -0.3 is 4.90 Å². The molecule has 0 fully saturated rings. The van der Waals surface area contributed by atoms with Crippen LogP contribution in [0.4, 0.5) is 17.1 Å². The summed E-state index contributed by atoms with van der Waals surface area (Å²) in [5.74, 6) is 0. The fourth-order valence-corrected chi connectivity index (χ4v) is 9.48. The first-order valence-corrected chi connectivity index (χ1v) is 21.2. The van der Waals surface area contributed by atoms with Crippen LogP contribution in [-0.2, 0) is 10.8 Å². The fourth-order valence-electron chi connectivity index (χ4n) is 9.48. The first kappa shape index (κ1) is 37.3. The van der Waals surface area contributed by atoms with Crippen LogP contribution in [-0.4, -0.2) is 0 Å². The molecule has 1 nitrogen and oxygen atoms in total. The van der Waals surface area contributed by atoms with E-state index >= 15 is 0 Å². The molecule has 1 heteroatoms. The normalized spacial score (nSPS) is 12.9. The van der Waals surface area contributed by atoms with Gasteiger partial charge in [0.2, 0.25) is 0 Å². The number of fused-ring (bicyclic) bond motifs is 4. The first-order chi connectivity index (χ1) is 29.2. The second-order valence-corrected chi connectivity index (χ2v) is 17.8. The largest absolute Gasteiger partial charge is 0.309 e. The minimum Gasteiger partial charge on any atom is -0.309 e. The van der Waals surface area contributed by atoms with Gasteiger partial charge in [0.25, 0.3) is 0 Å². The maximum atomic E-state index is 2.53. The molecule has 0 N–H and O–H groups in total. The van der Waals surface area contributed by atoms with Crippen LogP contribution in [0.25, 0.3) is 66.4 Å². The third kappa shape index (κ3) is 6.42. The molecule has 0 aromatic heterocycles. The Morgan fingerprint density at radius 1 is 0.383 bits per heavy atom. The van der Waals surface area contributed by atoms with Gasteiger partial charge in [-0.3, -0.25) is 0 Å². The molecule has 1 aliphatic rings. The molecule has 290 valence electrons. The Morgan fingerprint density at radius 3 is 1.67 bits per heavy atom. The summed E-state index contributed by atoms with van der Waals surface area (Å²) < 4.78 is 0. The van der Waals surface area contributed by atoms with E-state index in [9.17, 15) is 0 Å². The molecule has 0 unspecified atom stereocenters. The van der Waals surface area contributed by atoms with Gasteiger partial charge >= 0.3 is 0 Å². The average Bonchev–Trinajstić information content (AvgIpc) is 3.52. The molecule has 0 saturated carbocycles. The van der Waals surface area contributed by atoms with Gasteiger partial charge in [-0.05, 0) is 108 Å². The third-order valence-electron chi connectivity index (χ3n) is 12.7. The van der Waals surface area contributed by atoms with Gasteiger partial charge in [-0.1, -0.05) is 211 Å². The van der Waals surface area contributed by atoms with E-state index in [-0.39, 0.29) is 10.8 Å². The SMILES string of the molecule is CC(C)(C)c1ccc(-c2ccc(N(c3ccc4c(c3)-c3ccccc3C4(C)C)c3ccc4ccccc4c3-c3ccccc3-c3ccccc3)c(-c3ccccc3)c2)cc1. The molecule has 0 atom stereocenters. The maximum Gasteiger partial charge on any atom is 0.0546 e. The average molecular weight is 772 g/mol. The molecule has 0 spiro atoms. The molecule has 60 heavy (non-hydrogen) atoms. The zero-order valence-electron chi connectivity index (χ0n) is 35.1. The Balaban J connectivity index is 1.28. The monoisotopic (exact) mass is 771 g/mol. The van der Waals surface area contributed by atoms with Crippen LogP contribution >= 0.6 is 0 Å². The van der Waals surface area contributed by atoms with E-state index in [2.05, 4.69) is 246 Å². The van der Waals surface area contributed by atoms with Gasteiger partial charge in [0.15, 0.2) is 0 Å². The van der Waals surface area contributed by atoms with Crippen LogP contribution in [0.2, 0.25) is 0 Å². The highest BCUT2D eigenvalue weighted by Gasteiger charge is 2.36. The molecule has 1 aliphatic carbocycles. The van der Waals surface area contributed by atoms with Crippen molar-refractivity contribution >= 4 is 27.8 Å². The predicted molar refractivity (Wildman–Crippen MR) is 257 cm³/mol. The van der Waals surface area contributed by atoms with E-state index in [4.69, 9.17) is 0 Å². The molecular weight excluding hydrogens is 723 g/mol. The molecule has 0 aliphatic heterocycles. The van der Waals surface area contributed by atoms with Crippen molar-refractivity contribution in [2.45, 2.75) is 45.4 Å². The minimum atomic E-state index is -0.0998. The Kier molecular flexibility index (Phi) is 9.14. The van der Waals surface area contributed by atoms with E-state index in [0.29, 0.717) is 0 Å². The smallest absolute Gasteiger partial charge is 0.0546 e. The Bertz CT molecular complexity index is 3020. The standard InChI is InChI=1S/C59H49N/c1-58(2,3)45-32-28-40(29-33-45)44-31-36-55(51(38-44)42-20-10-7-11-21-42)60(46-34-35-54-52(39-46)49-25-16-17-27-53(49)59(54,4)5)56-37-30-43-22-12-13-24-48(43)57(56)50-26-15-14-23-47(50)41-18-8-6-9-19-41/h6-39H,1-5H3. The Labute approximate surface area is 355 Å². The summed E-state index contributed by atoms with van der Waals surface area (Å²) in [6, 6.07) is 76.4. The van der Waals surface area contributed by atoms with E-state index in [1.165, 1.54) is 83.1 Å². The second kappa shape index (κ2) is 14.7. The lowest BCUT2D eigenvalue weighted by Crippen LogP contribution is -2.16. The van der Waals surface area contributed by atoms with Crippen molar-refractivity contribution in [1.82, 2.24) is 0 Å². The summed E-state index contributed by atoms with van der Waals surface area (Å²) in [5, 5.41) is 2.42. The lowest BCUT2D eigenvalue weighted by molar-refractivity contribution is 0.590. The summed E-state index contributed by atoms with van der Waals surface area (Å²) in [6.45, 7) is 11.5. The number of nitrogens with zero attached hydrogens (tertiary/aromatic N) is 1. The summed E-state index contributed by atoms with van der Waals surface area (Å²) in [5.41, 5.74) is 19.6. The molecule has 0 radical (unpaired) electrons. The first-order valence-electron chi connectivity index (χ1n) is 21.2. The summed E-state index contributed by atoms with van der Waals surface area (Å²) in [6.07, 6.45) is 0. The lowest BCUT2D eigenvalue weighted by atomic mass is 9.82. The highest BCUT2D eigenvalue weighted by molar-refractivity contribution is 6.09. The molecule has 9 aromatic rings. The van der Waals surface area contributed by atoms with Crippen LogP contribution in [0, 0.1) is 0 Å². The number of hydrogen-bond acceptors (Lipinski definition) is 1. The molecule has 10 rings (SSSR count). The van der Waals surface area contributed by atoms with Crippen molar-refractivity contribution in [3.63, 3.8) is 0 Å². The number of hydrogen-bond donors (Lipinski definition) is 0. The summed E-state index contributed by atoms with van der Waals surface area (Å²) in [4.78, 5) is 2.53. The Hall–Kier alpha value is -6.96. The van der Waals surface area contributed by atoms with Crippen molar-refractivity contribution in [3.05, 3.63) is 223 Å². The van der Waals surface area contributed by atoms with E-state index in [1.54, 1.807) is 0 Å². The highest BCUT2D eigenvalue weighted by atomic mass is 15.1. The minimum absolute atomic E-state index is 0.0837. The zero-order valence-corrected chi connectivity index (χ0v) is 35.1. The van der Waals surface area contributed by atoms with Crippen molar-refractivity contribution in [1.29, 1.82) is 0 Å². The maximum absolute atomic E-state index is 2.53. The van der Waals surface area contributed by atoms with Crippen LogP contribution in [0.5, 0.6) is 0 Å². The van der Waals surface area contributed by atoms with Crippen LogP contribution < -0.4 is 4.90 Å². The number of rotatable bonds is 7. The molecule has 0 amide bonds. The van der Waals surface area contributed by atoms with Gasteiger partial charge in [-0.15, -0.1) is 0 Å². The lowest BCUT2D eigenvalue weighted by Gasteiger charge is -2.32. The van der Waals surface area contributed by atoms with Crippen molar-refractivity contribution in [3.8, 4) is 55.6 Å². The fraction of sp³-hybridized carbons (Fsp3) is 0.119. The summed E-state index contributed by atoms with van der Waals surface area (Å²) >= 11 is 0. The van der Waals surface area contributed by atoms with E-state index in [0.717, 1.165) is 17.1 Å². The molecule has 0 saturated heterocycles. The van der Waals surface area contributed by atoms with Crippen molar-refractivity contribution in [2.24, 2.45) is 0 Å². The zero-order chi connectivity index (χ0) is 41.0. The van der Waals surface area contributed by atoms with E-state index < -0.39 is 0 Å². The molecular formula is C59H49N. The van der Waals surface area contributed by atoms with Crippen molar-refractivity contribution in [2.75, 3.05) is 4.90 Å². The number of anilines is 3. The van der Waals surface area contributed by atoms with Gasteiger partial charge in [0.1, 0.15) is 0 Å². The van der Waals surface area contributed by atoms with Gasteiger partial charge in [-0.2, -0.15) is 0 Å².